The lowest BCUT2D eigenvalue weighted by atomic mass is 9.87. The average molecular weight is 421 g/mol. The number of nitrogens with zero attached hydrogens (tertiary/aromatic N) is 3. The molecule has 0 saturated heterocycles. The van der Waals surface area contributed by atoms with Crippen LogP contribution in [-0.2, 0) is 11.6 Å². The van der Waals surface area contributed by atoms with Crippen molar-refractivity contribution in [2.24, 2.45) is 0 Å². The van der Waals surface area contributed by atoms with Crippen LogP contribution in [0.4, 0.5) is 38.0 Å². The molecular formula is C19H21F6N3O. The van der Waals surface area contributed by atoms with Gasteiger partial charge in [0.15, 0.2) is 6.61 Å². The molecule has 0 saturated carbocycles. The average Bonchev–Trinajstić information content (AvgIpc) is 2.59. The number of anilines is 2. The first kappa shape index (κ1) is 22.8. The van der Waals surface area contributed by atoms with Crippen LogP contribution in [0.1, 0.15) is 38.8 Å². The molecule has 0 radical (unpaired) electrons. The first-order chi connectivity index (χ1) is 13.2. The van der Waals surface area contributed by atoms with E-state index < -0.39 is 30.4 Å². The van der Waals surface area contributed by atoms with Gasteiger partial charge in [0.1, 0.15) is 5.56 Å². The normalized spacial score (nSPS) is 12.8. The van der Waals surface area contributed by atoms with Crippen molar-refractivity contribution < 1.29 is 31.1 Å². The van der Waals surface area contributed by atoms with Crippen LogP contribution < -0.4 is 9.64 Å². The standard InChI is InChI=1S/C19H21F6N3O/c1-5-28(13-8-6-7-12(9-13)17(2,3)4)16-26-10-14(19(23,24)25)15(27-16)29-11-18(20,21)22/h6-10H,5,11H2,1-4H3. The third-order valence-electron chi connectivity index (χ3n) is 4.00. The second-order valence-corrected chi connectivity index (χ2v) is 7.34. The van der Waals surface area contributed by atoms with Crippen LogP contribution in [0, 0.1) is 0 Å². The summed E-state index contributed by atoms with van der Waals surface area (Å²) in [5.41, 5.74) is -0.0856. The van der Waals surface area contributed by atoms with Crippen molar-refractivity contribution >= 4 is 11.6 Å². The summed E-state index contributed by atoms with van der Waals surface area (Å²) >= 11 is 0. The second kappa shape index (κ2) is 8.08. The Balaban J connectivity index is 2.49. The maximum atomic E-state index is 13.1. The summed E-state index contributed by atoms with van der Waals surface area (Å²) in [7, 11) is 0. The molecular weight excluding hydrogens is 400 g/mol. The molecule has 0 bridgehead atoms. The number of benzene rings is 1. The van der Waals surface area contributed by atoms with Crippen molar-refractivity contribution in [3.05, 3.63) is 41.6 Å². The van der Waals surface area contributed by atoms with E-state index in [-0.39, 0.29) is 17.9 Å². The van der Waals surface area contributed by atoms with Gasteiger partial charge in [-0.15, -0.1) is 0 Å². The fourth-order valence-corrected chi connectivity index (χ4v) is 2.52. The summed E-state index contributed by atoms with van der Waals surface area (Å²) < 4.78 is 81.1. The smallest absolute Gasteiger partial charge is 0.423 e. The molecule has 0 N–H and O–H groups in total. The molecule has 160 valence electrons. The second-order valence-electron chi connectivity index (χ2n) is 7.34. The van der Waals surface area contributed by atoms with Crippen LogP contribution in [0.15, 0.2) is 30.5 Å². The van der Waals surface area contributed by atoms with Crippen molar-refractivity contribution in [2.45, 2.75) is 45.5 Å². The summed E-state index contributed by atoms with van der Waals surface area (Å²) in [5.74, 6) is -1.35. The minimum absolute atomic E-state index is 0.183. The number of hydrogen-bond donors (Lipinski definition) is 0. The third-order valence-corrected chi connectivity index (χ3v) is 4.00. The minimum atomic E-state index is -4.96. The molecule has 2 aromatic rings. The topological polar surface area (TPSA) is 38.2 Å². The zero-order valence-corrected chi connectivity index (χ0v) is 16.3. The van der Waals surface area contributed by atoms with Gasteiger partial charge in [0.2, 0.25) is 11.8 Å². The Labute approximate surface area is 164 Å². The molecule has 0 spiro atoms. The fourth-order valence-electron chi connectivity index (χ4n) is 2.52. The SMILES string of the molecule is CCN(c1cccc(C(C)(C)C)c1)c1ncc(C(F)(F)F)c(OCC(F)(F)F)n1. The van der Waals surface area contributed by atoms with Crippen molar-refractivity contribution in [3.63, 3.8) is 0 Å². The molecule has 0 unspecified atom stereocenters. The van der Waals surface area contributed by atoms with Gasteiger partial charge in [-0.1, -0.05) is 32.9 Å². The molecule has 0 aliphatic heterocycles. The number of alkyl halides is 6. The summed E-state index contributed by atoms with van der Waals surface area (Å²) in [6.07, 6.45) is -9.33. The van der Waals surface area contributed by atoms with Crippen LogP contribution in [0.5, 0.6) is 5.88 Å². The van der Waals surface area contributed by atoms with Gasteiger partial charge in [0, 0.05) is 18.4 Å². The van der Waals surface area contributed by atoms with E-state index in [1.807, 2.05) is 32.9 Å². The highest BCUT2D eigenvalue weighted by atomic mass is 19.4. The quantitative estimate of drug-likeness (QED) is 0.564. The first-order valence-electron chi connectivity index (χ1n) is 8.74. The molecule has 1 heterocycles. The summed E-state index contributed by atoms with van der Waals surface area (Å²) in [5, 5.41) is 0. The van der Waals surface area contributed by atoms with E-state index in [1.165, 1.54) is 4.90 Å². The molecule has 1 aromatic heterocycles. The van der Waals surface area contributed by atoms with Crippen molar-refractivity contribution in [1.29, 1.82) is 0 Å². The number of aromatic nitrogens is 2. The Bertz CT molecular complexity index is 843. The van der Waals surface area contributed by atoms with Gasteiger partial charge in [-0.2, -0.15) is 31.3 Å². The highest BCUT2D eigenvalue weighted by molar-refractivity contribution is 5.59. The van der Waals surface area contributed by atoms with E-state index in [0.29, 0.717) is 11.9 Å². The monoisotopic (exact) mass is 421 g/mol. The number of halogens is 6. The van der Waals surface area contributed by atoms with Gasteiger partial charge in [-0.05, 0) is 30.0 Å². The Morgan fingerprint density at radius 3 is 2.21 bits per heavy atom. The van der Waals surface area contributed by atoms with Gasteiger partial charge in [-0.25, -0.2) is 4.98 Å². The highest BCUT2D eigenvalue weighted by Gasteiger charge is 2.38. The van der Waals surface area contributed by atoms with E-state index in [4.69, 9.17) is 0 Å². The van der Waals surface area contributed by atoms with E-state index in [0.717, 1.165) is 5.56 Å². The fraction of sp³-hybridized carbons (Fsp3) is 0.474. The Kier molecular flexibility index (Phi) is 6.34. The van der Waals surface area contributed by atoms with Gasteiger partial charge < -0.3 is 9.64 Å². The van der Waals surface area contributed by atoms with E-state index in [2.05, 4.69) is 14.7 Å². The lowest BCUT2D eigenvalue weighted by molar-refractivity contribution is -0.159. The number of rotatable bonds is 5. The molecule has 0 amide bonds. The van der Waals surface area contributed by atoms with Crippen molar-refractivity contribution in [3.8, 4) is 5.88 Å². The minimum Gasteiger partial charge on any atom is -0.467 e. The zero-order valence-electron chi connectivity index (χ0n) is 16.3. The molecule has 1 aromatic carbocycles. The maximum Gasteiger partial charge on any atom is 0.423 e. The van der Waals surface area contributed by atoms with Gasteiger partial charge in [0.05, 0.1) is 0 Å². The largest absolute Gasteiger partial charge is 0.467 e. The third kappa shape index (κ3) is 5.98. The van der Waals surface area contributed by atoms with E-state index in [9.17, 15) is 26.3 Å². The number of hydrogen-bond acceptors (Lipinski definition) is 4. The van der Waals surface area contributed by atoms with Crippen LogP contribution in [0.2, 0.25) is 0 Å². The predicted molar refractivity (Wildman–Crippen MR) is 96.4 cm³/mol. The molecule has 29 heavy (non-hydrogen) atoms. The van der Waals surface area contributed by atoms with E-state index >= 15 is 0 Å². The van der Waals surface area contributed by atoms with Crippen molar-refractivity contribution in [1.82, 2.24) is 9.97 Å². The Hall–Kier alpha value is -2.52. The predicted octanol–water partition coefficient (Wildman–Crippen LogP) is 5.89. The van der Waals surface area contributed by atoms with Gasteiger partial charge in [0.25, 0.3) is 0 Å². The van der Waals surface area contributed by atoms with Crippen LogP contribution in [-0.4, -0.2) is 29.3 Å². The first-order valence-corrected chi connectivity index (χ1v) is 8.74. The lowest BCUT2D eigenvalue weighted by Gasteiger charge is -2.25. The van der Waals surface area contributed by atoms with Crippen LogP contribution in [0.3, 0.4) is 0 Å². The van der Waals surface area contributed by atoms with Gasteiger partial charge in [-0.3, -0.25) is 0 Å². The molecule has 0 atom stereocenters. The summed E-state index contributed by atoms with van der Waals surface area (Å²) in [4.78, 5) is 8.87. The number of ether oxygens (including phenoxy) is 1. The van der Waals surface area contributed by atoms with Gasteiger partial charge >= 0.3 is 12.4 Å². The lowest BCUT2D eigenvalue weighted by Crippen LogP contribution is -2.24. The summed E-state index contributed by atoms with van der Waals surface area (Å²) in [6, 6.07) is 7.24. The van der Waals surface area contributed by atoms with E-state index in [1.54, 1.807) is 19.1 Å². The molecule has 0 aliphatic rings. The Morgan fingerprint density at radius 2 is 1.69 bits per heavy atom. The zero-order chi connectivity index (χ0) is 22.0. The summed E-state index contributed by atoms with van der Waals surface area (Å²) in [6.45, 7) is 6.11. The van der Waals surface area contributed by atoms with Crippen LogP contribution >= 0.6 is 0 Å². The van der Waals surface area contributed by atoms with Crippen molar-refractivity contribution in [2.75, 3.05) is 18.1 Å². The molecule has 10 heteroatoms. The molecule has 4 nitrogen and oxygen atoms in total. The molecule has 0 fully saturated rings. The highest BCUT2D eigenvalue weighted by Crippen LogP contribution is 2.37. The van der Waals surface area contributed by atoms with Crippen LogP contribution in [0.25, 0.3) is 0 Å². The molecule has 0 aliphatic carbocycles. The maximum absolute atomic E-state index is 13.1. The Morgan fingerprint density at radius 1 is 1.03 bits per heavy atom. The molecule has 2 rings (SSSR count).